The fourth-order valence-electron chi connectivity index (χ4n) is 1.81. The van der Waals surface area contributed by atoms with Crippen LogP contribution in [0.2, 0.25) is 0 Å². The molecule has 0 aromatic heterocycles. The standard InChI is InChI=1S/C14H22N2O3/c1-10-5-6-13(16(18)19)11(7-10)8-12(17)9-15-14(2,3)4/h5-7,12,15,17H,8-9H2,1-4H3. The van der Waals surface area contributed by atoms with Crippen molar-refractivity contribution in [1.82, 2.24) is 5.32 Å². The van der Waals surface area contributed by atoms with E-state index in [0.717, 1.165) is 5.56 Å². The minimum Gasteiger partial charge on any atom is -0.391 e. The molecule has 0 aliphatic rings. The lowest BCUT2D eigenvalue weighted by atomic mass is 10.0. The molecule has 0 spiro atoms. The van der Waals surface area contributed by atoms with Gasteiger partial charge in [-0.2, -0.15) is 0 Å². The van der Waals surface area contributed by atoms with Gasteiger partial charge in [0.1, 0.15) is 0 Å². The Labute approximate surface area is 113 Å². The fraction of sp³-hybridized carbons (Fsp3) is 0.571. The van der Waals surface area contributed by atoms with Crippen molar-refractivity contribution in [1.29, 1.82) is 0 Å². The summed E-state index contributed by atoms with van der Waals surface area (Å²) in [5, 5.41) is 24.1. The molecule has 5 nitrogen and oxygen atoms in total. The molecule has 0 aliphatic heterocycles. The molecule has 2 N–H and O–H groups in total. The van der Waals surface area contributed by atoms with Crippen molar-refractivity contribution in [2.45, 2.75) is 45.8 Å². The van der Waals surface area contributed by atoms with Crippen LogP contribution in [0.15, 0.2) is 18.2 Å². The Kier molecular flexibility index (Phi) is 5.03. The lowest BCUT2D eigenvalue weighted by Crippen LogP contribution is -2.41. The van der Waals surface area contributed by atoms with E-state index in [0.29, 0.717) is 12.1 Å². The number of nitro groups is 1. The quantitative estimate of drug-likeness (QED) is 0.633. The molecule has 1 aromatic carbocycles. The van der Waals surface area contributed by atoms with Gasteiger partial charge in [0, 0.05) is 30.1 Å². The van der Waals surface area contributed by atoms with Gasteiger partial charge < -0.3 is 10.4 Å². The monoisotopic (exact) mass is 266 g/mol. The summed E-state index contributed by atoms with van der Waals surface area (Å²) in [5.41, 5.74) is 1.52. The van der Waals surface area contributed by atoms with Gasteiger partial charge in [-0.15, -0.1) is 0 Å². The number of aliphatic hydroxyl groups is 1. The van der Waals surface area contributed by atoms with Crippen LogP contribution in [0.4, 0.5) is 5.69 Å². The third-order valence-electron chi connectivity index (χ3n) is 2.76. The number of rotatable bonds is 5. The van der Waals surface area contributed by atoms with E-state index in [4.69, 9.17) is 0 Å². The largest absolute Gasteiger partial charge is 0.391 e. The van der Waals surface area contributed by atoms with E-state index in [1.54, 1.807) is 12.1 Å². The maximum atomic E-state index is 10.9. The minimum atomic E-state index is -0.639. The molecule has 0 bridgehead atoms. The summed E-state index contributed by atoms with van der Waals surface area (Å²) < 4.78 is 0. The first-order chi connectivity index (χ1) is 8.69. The molecule has 0 heterocycles. The van der Waals surface area contributed by atoms with Gasteiger partial charge in [-0.3, -0.25) is 10.1 Å². The summed E-state index contributed by atoms with van der Waals surface area (Å²) in [6.07, 6.45) is -0.360. The van der Waals surface area contributed by atoms with E-state index < -0.39 is 11.0 Å². The van der Waals surface area contributed by atoms with E-state index in [-0.39, 0.29) is 17.6 Å². The lowest BCUT2D eigenvalue weighted by Gasteiger charge is -2.23. The number of aliphatic hydroxyl groups excluding tert-OH is 1. The predicted molar refractivity (Wildman–Crippen MR) is 75.3 cm³/mol. The number of nitro benzene ring substituents is 1. The molecular weight excluding hydrogens is 244 g/mol. The molecular formula is C14H22N2O3. The Morgan fingerprint density at radius 2 is 2.05 bits per heavy atom. The second kappa shape index (κ2) is 6.12. The highest BCUT2D eigenvalue weighted by atomic mass is 16.6. The predicted octanol–water partition coefficient (Wildman–Crippen LogP) is 2.19. The van der Waals surface area contributed by atoms with Crippen LogP contribution in [0.3, 0.4) is 0 Å². The highest BCUT2D eigenvalue weighted by Crippen LogP contribution is 2.21. The van der Waals surface area contributed by atoms with Crippen molar-refractivity contribution in [3.63, 3.8) is 0 Å². The first-order valence-electron chi connectivity index (χ1n) is 6.36. The van der Waals surface area contributed by atoms with Crippen LogP contribution in [0, 0.1) is 17.0 Å². The number of β-amino-alcohol motifs (C(OH)–C–C–N with tert-alkyl or cyclic N) is 1. The summed E-state index contributed by atoms with van der Waals surface area (Å²) in [5.74, 6) is 0. The molecule has 0 saturated carbocycles. The Bertz CT molecular complexity index is 452. The van der Waals surface area contributed by atoms with Crippen LogP contribution in [-0.4, -0.2) is 28.2 Å². The van der Waals surface area contributed by atoms with Gasteiger partial charge in [0.25, 0.3) is 5.69 Å². The molecule has 0 amide bonds. The topological polar surface area (TPSA) is 75.4 Å². The van der Waals surface area contributed by atoms with Gasteiger partial charge >= 0.3 is 0 Å². The van der Waals surface area contributed by atoms with Crippen LogP contribution >= 0.6 is 0 Å². The summed E-state index contributed by atoms with van der Waals surface area (Å²) >= 11 is 0. The number of nitrogens with zero attached hydrogens (tertiary/aromatic N) is 1. The lowest BCUT2D eigenvalue weighted by molar-refractivity contribution is -0.385. The van der Waals surface area contributed by atoms with Crippen LogP contribution in [0.25, 0.3) is 0 Å². The number of hydrogen-bond donors (Lipinski definition) is 2. The normalized spacial score (nSPS) is 13.3. The molecule has 1 atom stereocenters. The Morgan fingerprint density at radius 1 is 1.42 bits per heavy atom. The van der Waals surface area contributed by atoms with Gasteiger partial charge in [0.05, 0.1) is 11.0 Å². The van der Waals surface area contributed by atoms with E-state index in [1.165, 1.54) is 6.07 Å². The molecule has 0 radical (unpaired) electrons. The van der Waals surface area contributed by atoms with Crippen molar-refractivity contribution >= 4 is 5.69 Å². The van der Waals surface area contributed by atoms with Crippen molar-refractivity contribution in [2.75, 3.05) is 6.54 Å². The van der Waals surface area contributed by atoms with Gasteiger partial charge in [-0.25, -0.2) is 0 Å². The fourth-order valence-corrected chi connectivity index (χ4v) is 1.81. The summed E-state index contributed by atoms with van der Waals surface area (Å²) in [7, 11) is 0. The molecule has 0 fully saturated rings. The summed E-state index contributed by atoms with van der Waals surface area (Å²) in [6, 6.07) is 4.97. The van der Waals surface area contributed by atoms with Crippen LogP contribution in [0.5, 0.6) is 0 Å². The van der Waals surface area contributed by atoms with E-state index in [1.807, 2.05) is 27.7 Å². The zero-order valence-electron chi connectivity index (χ0n) is 11.9. The molecule has 19 heavy (non-hydrogen) atoms. The first kappa shape index (κ1) is 15.6. The smallest absolute Gasteiger partial charge is 0.272 e. The molecule has 1 rings (SSSR count). The van der Waals surface area contributed by atoms with E-state index in [2.05, 4.69) is 5.32 Å². The third-order valence-corrected chi connectivity index (χ3v) is 2.76. The van der Waals surface area contributed by atoms with Crippen LogP contribution in [-0.2, 0) is 6.42 Å². The number of nitrogens with one attached hydrogen (secondary N) is 1. The zero-order valence-corrected chi connectivity index (χ0v) is 11.9. The van der Waals surface area contributed by atoms with Crippen molar-refractivity contribution in [3.8, 4) is 0 Å². The highest BCUT2D eigenvalue weighted by molar-refractivity contribution is 5.42. The molecule has 5 heteroatoms. The third kappa shape index (κ3) is 5.36. The Morgan fingerprint density at radius 3 is 2.58 bits per heavy atom. The second-order valence-electron chi connectivity index (χ2n) is 5.88. The van der Waals surface area contributed by atoms with Crippen molar-refractivity contribution < 1.29 is 10.0 Å². The zero-order chi connectivity index (χ0) is 14.6. The number of hydrogen-bond acceptors (Lipinski definition) is 4. The average Bonchev–Trinajstić information content (AvgIpc) is 2.25. The average molecular weight is 266 g/mol. The Balaban J connectivity index is 2.75. The Hall–Kier alpha value is -1.46. The first-order valence-corrected chi connectivity index (χ1v) is 6.36. The van der Waals surface area contributed by atoms with Crippen LogP contribution in [0.1, 0.15) is 31.9 Å². The highest BCUT2D eigenvalue weighted by Gasteiger charge is 2.18. The number of aryl methyl sites for hydroxylation is 1. The summed E-state index contributed by atoms with van der Waals surface area (Å²) in [6.45, 7) is 8.32. The van der Waals surface area contributed by atoms with Gasteiger partial charge in [-0.05, 0) is 33.8 Å². The van der Waals surface area contributed by atoms with Crippen molar-refractivity contribution in [2.24, 2.45) is 0 Å². The van der Waals surface area contributed by atoms with Crippen molar-refractivity contribution in [3.05, 3.63) is 39.4 Å². The molecule has 1 unspecified atom stereocenters. The number of benzene rings is 1. The SMILES string of the molecule is Cc1ccc([N+](=O)[O-])c(CC(O)CNC(C)(C)C)c1. The van der Waals surface area contributed by atoms with Crippen LogP contribution < -0.4 is 5.32 Å². The molecule has 106 valence electrons. The van der Waals surface area contributed by atoms with Gasteiger partial charge in [-0.1, -0.05) is 11.6 Å². The molecule has 0 aliphatic carbocycles. The maximum absolute atomic E-state index is 10.9. The summed E-state index contributed by atoms with van der Waals surface area (Å²) in [4.78, 5) is 10.5. The molecule has 0 saturated heterocycles. The van der Waals surface area contributed by atoms with Gasteiger partial charge in [0.15, 0.2) is 0 Å². The maximum Gasteiger partial charge on any atom is 0.272 e. The van der Waals surface area contributed by atoms with E-state index >= 15 is 0 Å². The second-order valence-corrected chi connectivity index (χ2v) is 5.88. The van der Waals surface area contributed by atoms with E-state index in [9.17, 15) is 15.2 Å². The molecule has 1 aromatic rings. The minimum absolute atomic E-state index is 0.0698. The van der Waals surface area contributed by atoms with Gasteiger partial charge in [0.2, 0.25) is 0 Å².